The Hall–Kier alpha value is -1.56. The van der Waals surface area contributed by atoms with Crippen LogP contribution in [0.4, 0.5) is 0 Å². The number of amides is 1. The van der Waals surface area contributed by atoms with E-state index in [1.54, 1.807) is 12.1 Å². The lowest BCUT2D eigenvalue weighted by molar-refractivity contribution is -0.144. The normalized spacial score (nSPS) is 33.2. The standard InChI is InChI=1S/C19H25NO4S/c1-2-24-16-3-5-17(6-4-16)25(22,23)20-18(21)19-10-13-7-14(11-19)9-15(8-13)12-19/h3-6,13-15H,2,7-12H2,1H3,(H,20,21). The molecule has 1 aromatic rings. The summed E-state index contributed by atoms with van der Waals surface area (Å²) in [4.78, 5) is 13.0. The predicted octanol–water partition coefficient (Wildman–Crippen LogP) is 3.11. The zero-order chi connectivity index (χ0) is 17.7. The van der Waals surface area contributed by atoms with Crippen LogP contribution in [0.2, 0.25) is 0 Å². The number of hydrogen-bond donors (Lipinski definition) is 1. The highest BCUT2D eigenvalue weighted by Crippen LogP contribution is 2.60. The minimum absolute atomic E-state index is 0.106. The first-order valence-corrected chi connectivity index (χ1v) is 10.7. The maximum Gasteiger partial charge on any atom is 0.264 e. The molecule has 1 N–H and O–H groups in total. The van der Waals surface area contributed by atoms with Crippen molar-refractivity contribution in [1.82, 2.24) is 4.72 Å². The van der Waals surface area contributed by atoms with E-state index in [0.717, 1.165) is 19.3 Å². The van der Waals surface area contributed by atoms with E-state index in [9.17, 15) is 13.2 Å². The van der Waals surface area contributed by atoms with Gasteiger partial charge in [-0.1, -0.05) is 0 Å². The summed E-state index contributed by atoms with van der Waals surface area (Å²) >= 11 is 0. The summed E-state index contributed by atoms with van der Waals surface area (Å²) in [7, 11) is -3.84. The van der Waals surface area contributed by atoms with E-state index in [4.69, 9.17) is 4.74 Å². The van der Waals surface area contributed by atoms with Gasteiger partial charge >= 0.3 is 0 Å². The molecule has 6 heteroatoms. The number of sulfonamides is 1. The van der Waals surface area contributed by atoms with Crippen molar-refractivity contribution in [3.05, 3.63) is 24.3 Å². The fourth-order valence-electron chi connectivity index (χ4n) is 5.56. The Morgan fingerprint density at radius 2 is 1.60 bits per heavy atom. The molecule has 0 spiro atoms. The molecule has 0 aliphatic heterocycles. The minimum Gasteiger partial charge on any atom is -0.494 e. The Morgan fingerprint density at radius 1 is 1.08 bits per heavy atom. The van der Waals surface area contributed by atoms with Gasteiger partial charge < -0.3 is 4.74 Å². The zero-order valence-electron chi connectivity index (χ0n) is 14.5. The Bertz CT molecular complexity index is 734. The highest BCUT2D eigenvalue weighted by Gasteiger charge is 2.55. The molecule has 4 saturated carbocycles. The Balaban J connectivity index is 1.51. The van der Waals surface area contributed by atoms with Crippen LogP contribution in [-0.2, 0) is 14.8 Å². The van der Waals surface area contributed by atoms with Crippen molar-refractivity contribution < 1.29 is 17.9 Å². The number of carbonyl (C=O) groups excluding carboxylic acids is 1. The number of benzene rings is 1. The topological polar surface area (TPSA) is 72.5 Å². The third-order valence-electron chi connectivity index (χ3n) is 6.19. The van der Waals surface area contributed by atoms with Gasteiger partial charge in [-0.25, -0.2) is 13.1 Å². The Kier molecular flexibility index (Phi) is 4.06. The molecule has 1 amide bonds. The van der Waals surface area contributed by atoms with Crippen LogP contribution in [0.5, 0.6) is 5.75 Å². The molecule has 5 rings (SSSR count). The van der Waals surface area contributed by atoms with E-state index in [2.05, 4.69) is 4.72 Å². The van der Waals surface area contributed by atoms with Crippen LogP contribution in [0.25, 0.3) is 0 Å². The van der Waals surface area contributed by atoms with Gasteiger partial charge in [0.1, 0.15) is 5.75 Å². The molecule has 4 aliphatic carbocycles. The molecule has 0 atom stereocenters. The van der Waals surface area contributed by atoms with Crippen LogP contribution < -0.4 is 9.46 Å². The van der Waals surface area contributed by atoms with E-state index in [1.807, 2.05) is 6.92 Å². The van der Waals surface area contributed by atoms with Gasteiger partial charge in [-0.05, 0) is 87.5 Å². The van der Waals surface area contributed by atoms with Crippen LogP contribution in [0.15, 0.2) is 29.2 Å². The number of ether oxygens (including phenoxy) is 1. The third kappa shape index (κ3) is 3.05. The lowest BCUT2D eigenvalue weighted by atomic mass is 9.49. The molecule has 4 fully saturated rings. The highest BCUT2D eigenvalue weighted by atomic mass is 32.2. The van der Waals surface area contributed by atoms with Crippen molar-refractivity contribution in [3.8, 4) is 5.75 Å². The molecule has 0 radical (unpaired) electrons. The molecular weight excluding hydrogens is 338 g/mol. The molecule has 25 heavy (non-hydrogen) atoms. The second kappa shape index (κ2) is 6.01. The van der Waals surface area contributed by atoms with E-state index < -0.39 is 15.4 Å². The van der Waals surface area contributed by atoms with Crippen molar-refractivity contribution in [2.75, 3.05) is 6.61 Å². The van der Waals surface area contributed by atoms with Crippen LogP contribution >= 0.6 is 0 Å². The molecule has 0 saturated heterocycles. The van der Waals surface area contributed by atoms with Crippen molar-refractivity contribution in [2.24, 2.45) is 23.2 Å². The molecule has 4 aliphatic rings. The fourth-order valence-corrected chi connectivity index (χ4v) is 6.63. The summed E-state index contributed by atoms with van der Waals surface area (Å²) in [5.74, 6) is 2.13. The average Bonchev–Trinajstić information content (AvgIpc) is 2.54. The van der Waals surface area contributed by atoms with E-state index in [1.165, 1.54) is 31.4 Å². The predicted molar refractivity (Wildman–Crippen MR) is 93.5 cm³/mol. The van der Waals surface area contributed by atoms with Crippen molar-refractivity contribution in [2.45, 2.75) is 50.3 Å². The molecule has 0 aromatic heterocycles. The average molecular weight is 363 g/mol. The summed E-state index contributed by atoms with van der Waals surface area (Å²) in [5.41, 5.74) is -0.465. The number of rotatable bonds is 5. The third-order valence-corrected chi connectivity index (χ3v) is 7.54. The maximum atomic E-state index is 12.9. The van der Waals surface area contributed by atoms with E-state index in [-0.39, 0.29) is 10.8 Å². The van der Waals surface area contributed by atoms with E-state index in [0.29, 0.717) is 30.1 Å². The van der Waals surface area contributed by atoms with Crippen LogP contribution in [0.1, 0.15) is 45.4 Å². The van der Waals surface area contributed by atoms with Crippen LogP contribution in [-0.4, -0.2) is 20.9 Å². The summed E-state index contributed by atoms with van der Waals surface area (Å²) in [6.45, 7) is 2.39. The van der Waals surface area contributed by atoms with Gasteiger partial charge in [-0.15, -0.1) is 0 Å². The van der Waals surface area contributed by atoms with Crippen molar-refractivity contribution in [3.63, 3.8) is 0 Å². The summed E-state index contributed by atoms with van der Waals surface area (Å²) in [5, 5.41) is 0. The molecule has 1 aromatic carbocycles. The number of nitrogens with one attached hydrogen (secondary N) is 1. The summed E-state index contributed by atoms with van der Waals surface area (Å²) in [6.07, 6.45) is 6.21. The Morgan fingerprint density at radius 3 is 2.08 bits per heavy atom. The van der Waals surface area contributed by atoms with Crippen LogP contribution in [0.3, 0.4) is 0 Å². The zero-order valence-corrected chi connectivity index (χ0v) is 15.3. The monoisotopic (exact) mass is 363 g/mol. The Labute approximate surface area is 149 Å². The highest BCUT2D eigenvalue weighted by molar-refractivity contribution is 7.90. The second-order valence-corrected chi connectivity index (χ2v) is 9.72. The molecule has 136 valence electrons. The van der Waals surface area contributed by atoms with Gasteiger partial charge in [0.15, 0.2) is 0 Å². The first-order chi connectivity index (χ1) is 11.9. The van der Waals surface area contributed by atoms with Crippen molar-refractivity contribution in [1.29, 1.82) is 0 Å². The molecule has 0 unspecified atom stereocenters. The fraction of sp³-hybridized carbons (Fsp3) is 0.632. The van der Waals surface area contributed by atoms with Gasteiger partial charge in [0.2, 0.25) is 5.91 Å². The quantitative estimate of drug-likeness (QED) is 0.872. The molecular formula is C19H25NO4S. The van der Waals surface area contributed by atoms with Gasteiger partial charge in [0.05, 0.1) is 16.9 Å². The summed E-state index contributed by atoms with van der Waals surface area (Å²) < 4.78 is 33.0. The van der Waals surface area contributed by atoms with Gasteiger partial charge in [0.25, 0.3) is 10.0 Å². The second-order valence-electron chi connectivity index (χ2n) is 8.04. The molecule has 5 nitrogen and oxygen atoms in total. The lowest BCUT2D eigenvalue weighted by Gasteiger charge is -2.55. The molecule has 4 bridgehead atoms. The van der Waals surface area contributed by atoms with Crippen molar-refractivity contribution >= 4 is 15.9 Å². The molecule has 0 heterocycles. The van der Waals surface area contributed by atoms with Gasteiger partial charge in [0, 0.05) is 0 Å². The summed E-state index contributed by atoms with van der Waals surface area (Å²) in [6, 6.07) is 6.21. The van der Waals surface area contributed by atoms with E-state index >= 15 is 0 Å². The largest absolute Gasteiger partial charge is 0.494 e. The van der Waals surface area contributed by atoms with Gasteiger partial charge in [-0.3, -0.25) is 4.79 Å². The minimum atomic E-state index is -3.84. The smallest absolute Gasteiger partial charge is 0.264 e. The SMILES string of the molecule is CCOc1ccc(S(=O)(=O)NC(=O)C23CC4CC(CC(C4)C2)C3)cc1. The first kappa shape index (κ1) is 16.9. The number of carbonyl (C=O) groups is 1. The van der Waals surface area contributed by atoms with Gasteiger partial charge in [-0.2, -0.15) is 0 Å². The first-order valence-electron chi connectivity index (χ1n) is 9.20. The van der Waals surface area contributed by atoms with Crippen LogP contribution in [0, 0.1) is 23.2 Å². The maximum absolute atomic E-state index is 12.9. The lowest BCUT2D eigenvalue weighted by Crippen LogP contribution is -2.54. The number of hydrogen-bond acceptors (Lipinski definition) is 4.